The van der Waals surface area contributed by atoms with Gasteiger partial charge in [-0.25, -0.2) is 9.18 Å². The molecule has 1 aromatic rings. The average molecular weight is 351 g/mol. The number of hydrogen-bond donors (Lipinski definition) is 1. The zero-order valence-electron chi connectivity index (χ0n) is 14.5. The number of carbonyl (C=O) groups is 2. The van der Waals surface area contributed by atoms with E-state index in [-0.39, 0.29) is 18.4 Å². The van der Waals surface area contributed by atoms with Crippen molar-refractivity contribution in [3.05, 3.63) is 24.0 Å². The van der Waals surface area contributed by atoms with E-state index in [0.717, 1.165) is 0 Å². The molecule has 3 rings (SSSR count). The van der Waals surface area contributed by atoms with E-state index < -0.39 is 24.2 Å². The minimum Gasteiger partial charge on any atom is -0.423 e. The van der Waals surface area contributed by atoms with Crippen LogP contribution in [0.3, 0.4) is 0 Å². The normalized spacial score (nSPS) is 26.1. The molecule has 2 saturated heterocycles. The first-order chi connectivity index (χ1) is 11.8. The van der Waals surface area contributed by atoms with Crippen molar-refractivity contribution in [2.24, 2.45) is 5.92 Å². The summed E-state index contributed by atoms with van der Waals surface area (Å²) in [6.07, 6.45) is -1.78. The Labute approximate surface area is 145 Å². The second-order valence-corrected chi connectivity index (χ2v) is 6.66. The number of benzene rings is 1. The molecular weight excluding hydrogens is 329 g/mol. The molecule has 0 saturated carbocycles. The zero-order valence-corrected chi connectivity index (χ0v) is 14.5. The molecular formula is C17H22FN3O4. The van der Waals surface area contributed by atoms with E-state index in [0.29, 0.717) is 24.5 Å². The second-order valence-electron chi connectivity index (χ2n) is 6.66. The lowest BCUT2D eigenvalue weighted by Crippen LogP contribution is -2.38. The minimum absolute atomic E-state index is 0.0792. The lowest BCUT2D eigenvalue weighted by molar-refractivity contribution is -0.134. The van der Waals surface area contributed by atoms with Gasteiger partial charge in [-0.3, -0.25) is 9.69 Å². The van der Waals surface area contributed by atoms with Crippen LogP contribution in [0, 0.1) is 11.7 Å². The molecule has 0 aliphatic carbocycles. The predicted octanol–water partition coefficient (Wildman–Crippen LogP) is 1.40. The number of halogens is 1. The van der Waals surface area contributed by atoms with Crippen LogP contribution in [0.4, 0.5) is 20.6 Å². The van der Waals surface area contributed by atoms with Gasteiger partial charge in [0.05, 0.1) is 24.0 Å². The van der Waals surface area contributed by atoms with Gasteiger partial charge in [0.15, 0.2) is 6.23 Å². The van der Waals surface area contributed by atoms with Crippen LogP contribution in [-0.4, -0.2) is 61.0 Å². The quantitative estimate of drug-likeness (QED) is 0.891. The van der Waals surface area contributed by atoms with E-state index in [9.17, 15) is 19.1 Å². The molecule has 3 atom stereocenters. The van der Waals surface area contributed by atoms with Crippen molar-refractivity contribution >= 4 is 23.4 Å². The van der Waals surface area contributed by atoms with Crippen molar-refractivity contribution in [2.45, 2.75) is 26.2 Å². The molecule has 0 spiro atoms. The molecule has 0 radical (unpaired) electrons. The molecule has 7 nitrogen and oxygen atoms in total. The Morgan fingerprint density at radius 2 is 2.08 bits per heavy atom. The number of nitrogens with zero attached hydrogens (tertiary/aromatic N) is 3. The first kappa shape index (κ1) is 17.5. The number of carbonyl (C=O) groups excluding carboxylic acids is 2. The van der Waals surface area contributed by atoms with E-state index >= 15 is 0 Å². The summed E-state index contributed by atoms with van der Waals surface area (Å²) in [5.74, 6) is -0.603. The van der Waals surface area contributed by atoms with E-state index in [2.05, 4.69) is 0 Å². The fraction of sp³-hybridized carbons (Fsp3) is 0.529. The maximum atomic E-state index is 14.6. The van der Waals surface area contributed by atoms with Crippen LogP contribution in [0.15, 0.2) is 18.2 Å². The van der Waals surface area contributed by atoms with Gasteiger partial charge in [-0.15, -0.1) is 0 Å². The van der Waals surface area contributed by atoms with Crippen LogP contribution in [0.1, 0.15) is 13.8 Å². The van der Waals surface area contributed by atoms with Crippen LogP contribution < -0.4 is 9.80 Å². The van der Waals surface area contributed by atoms with Gasteiger partial charge in [-0.2, -0.15) is 0 Å². The second kappa shape index (κ2) is 6.51. The van der Waals surface area contributed by atoms with Crippen LogP contribution in [0.25, 0.3) is 0 Å². The lowest BCUT2D eigenvalue weighted by Gasteiger charge is -2.22. The van der Waals surface area contributed by atoms with E-state index in [4.69, 9.17) is 4.74 Å². The maximum absolute atomic E-state index is 14.6. The third kappa shape index (κ3) is 3.26. The number of amides is 2. The Morgan fingerprint density at radius 3 is 2.64 bits per heavy atom. The first-order valence-corrected chi connectivity index (χ1v) is 8.22. The Balaban J connectivity index is 1.77. The number of β-amino-alcohol motifs (C(OH)–C–C–N with tert-alkyl or cyclic N) is 1. The number of cyclic esters (lactones) is 1. The van der Waals surface area contributed by atoms with Crippen molar-refractivity contribution in [1.82, 2.24) is 4.90 Å². The minimum atomic E-state index is -0.692. The van der Waals surface area contributed by atoms with E-state index in [1.165, 1.54) is 22.8 Å². The molecule has 2 aliphatic rings. The van der Waals surface area contributed by atoms with Gasteiger partial charge in [-0.1, -0.05) is 6.92 Å². The number of rotatable bonds is 3. The lowest BCUT2D eigenvalue weighted by atomic mass is 10.1. The van der Waals surface area contributed by atoms with Gasteiger partial charge >= 0.3 is 6.09 Å². The van der Waals surface area contributed by atoms with Gasteiger partial charge in [0, 0.05) is 33.0 Å². The third-order valence-corrected chi connectivity index (χ3v) is 4.88. The molecule has 136 valence electrons. The molecule has 8 heteroatoms. The topological polar surface area (TPSA) is 73.3 Å². The number of likely N-dealkylation sites (N-methyl/N-ethyl adjacent to an activating group) is 1. The Bertz CT molecular complexity index is 688. The molecule has 0 aromatic heterocycles. The molecule has 1 N–H and O–H groups in total. The summed E-state index contributed by atoms with van der Waals surface area (Å²) in [6.45, 7) is 4.41. The number of aliphatic hydroxyl groups excluding tert-OH is 1. The monoisotopic (exact) mass is 351 g/mol. The standard InChI is InChI=1S/C17H22FN3O4/c1-10-7-20(8-15(10)23)14-5-4-12(6-13(14)18)21-9-16(25-17(21)24)19(3)11(2)22/h4-6,10,15-16,23H,7-9H2,1-3H3/t10-,15+,16?/m1/s1. The highest BCUT2D eigenvalue weighted by Gasteiger charge is 2.36. The highest BCUT2D eigenvalue weighted by atomic mass is 19.1. The molecule has 2 aliphatic heterocycles. The van der Waals surface area contributed by atoms with Gasteiger partial charge < -0.3 is 19.6 Å². The van der Waals surface area contributed by atoms with Gasteiger partial charge in [0.1, 0.15) is 5.82 Å². The Morgan fingerprint density at radius 1 is 1.36 bits per heavy atom. The summed E-state index contributed by atoms with van der Waals surface area (Å²) in [7, 11) is 1.55. The van der Waals surface area contributed by atoms with Gasteiger partial charge in [0.25, 0.3) is 0 Å². The summed E-state index contributed by atoms with van der Waals surface area (Å²) in [5.41, 5.74) is 0.774. The predicted molar refractivity (Wildman–Crippen MR) is 89.8 cm³/mol. The van der Waals surface area contributed by atoms with Crippen molar-refractivity contribution < 1.29 is 23.8 Å². The van der Waals surface area contributed by atoms with Gasteiger partial charge in [-0.05, 0) is 18.2 Å². The fourth-order valence-electron chi connectivity index (χ4n) is 3.13. The molecule has 2 heterocycles. The highest BCUT2D eigenvalue weighted by molar-refractivity contribution is 5.90. The van der Waals surface area contributed by atoms with Crippen LogP contribution in [0.5, 0.6) is 0 Å². The van der Waals surface area contributed by atoms with Crippen molar-refractivity contribution in [3.63, 3.8) is 0 Å². The summed E-state index contributed by atoms with van der Waals surface area (Å²) in [5, 5.41) is 9.84. The van der Waals surface area contributed by atoms with Crippen LogP contribution >= 0.6 is 0 Å². The van der Waals surface area contributed by atoms with Crippen molar-refractivity contribution in [3.8, 4) is 0 Å². The van der Waals surface area contributed by atoms with E-state index in [1.807, 2.05) is 6.92 Å². The first-order valence-electron chi connectivity index (χ1n) is 8.22. The molecule has 1 unspecified atom stereocenters. The Kier molecular flexibility index (Phi) is 4.55. The molecule has 2 fully saturated rings. The van der Waals surface area contributed by atoms with Gasteiger partial charge in [0.2, 0.25) is 5.91 Å². The fourth-order valence-corrected chi connectivity index (χ4v) is 3.13. The molecule has 2 amide bonds. The smallest absolute Gasteiger partial charge is 0.416 e. The number of aliphatic hydroxyl groups is 1. The average Bonchev–Trinajstić information content (AvgIpc) is 3.09. The number of ether oxygens (including phenoxy) is 1. The summed E-state index contributed by atoms with van der Waals surface area (Å²) >= 11 is 0. The molecule has 25 heavy (non-hydrogen) atoms. The summed E-state index contributed by atoms with van der Waals surface area (Å²) < 4.78 is 19.7. The number of hydrogen-bond acceptors (Lipinski definition) is 5. The molecule has 1 aromatic carbocycles. The van der Waals surface area contributed by atoms with Crippen LogP contribution in [-0.2, 0) is 9.53 Å². The largest absolute Gasteiger partial charge is 0.423 e. The van der Waals surface area contributed by atoms with Crippen molar-refractivity contribution in [2.75, 3.05) is 36.5 Å². The highest BCUT2D eigenvalue weighted by Crippen LogP contribution is 2.31. The zero-order chi connectivity index (χ0) is 18.3. The van der Waals surface area contributed by atoms with Crippen LogP contribution in [0.2, 0.25) is 0 Å². The summed E-state index contributed by atoms with van der Waals surface area (Å²) in [4.78, 5) is 27.9. The molecule has 0 bridgehead atoms. The Hall–Kier alpha value is -2.35. The summed E-state index contributed by atoms with van der Waals surface area (Å²) in [6, 6.07) is 4.53. The SMILES string of the molecule is CC(=O)N(C)C1CN(c2ccc(N3C[C@@H](C)[C@@H](O)C3)c(F)c2)C(=O)O1. The van der Waals surface area contributed by atoms with E-state index in [1.54, 1.807) is 24.1 Å². The number of anilines is 2. The maximum Gasteiger partial charge on any atom is 0.416 e. The van der Waals surface area contributed by atoms with Crippen molar-refractivity contribution in [1.29, 1.82) is 0 Å². The third-order valence-electron chi connectivity index (χ3n) is 4.88.